The van der Waals surface area contributed by atoms with Crippen molar-refractivity contribution in [1.82, 2.24) is 4.57 Å². The molecular weight excluding hydrogens is 468 g/mol. The molecule has 184 valence electrons. The number of amides is 2. The molecule has 0 bridgehead atoms. The van der Waals surface area contributed by atoms with Crippen molar-refractivity contribution in [1.29, 1.82) is 0 Å². The number of carbonyl (C=O) groups is 3. The van der Waals surface area contributed by atoms with E-state index in [9.17, 15) is 19.5 Å². The average Bonchev–Trinajstić information content (AvgIpc) is 3.51. The van der Waals surface area contributed by atoms with Crippen molar-refractivity contribution in [2.75, 3.05) is 11.5 Å². The summed E-state index contributed by atoms with van der Waals surface area (Å²) in [5.74, 6) is -3.50. The number of para-hydroxylation sites is 1. The highest BCUT2D eigenvalue weighted by Gasteiger charge is 2.60. The number of carbonyl (C=O) groups excluding carboxylic acids is 3. The van der Waals surface area contributed by atoms with Gasteiger partial charge in [0.05, 0.1) is 41.6 Å². The molecule has 0 aliphatic carbocycles. The molecule has 3 aromatic carbocycles. The molecule has 1 fully saturated rings. The molecule has 4 aromatic rings. The van der Waals surface area contributed by atoms with Gasteiger partial charge in [0.15, 0.2) is 5.75 Å². The fourth-order valence-electron chi connectivity index (χ4n) is 5.75. The molecule has 3 heterocycles. The molecule has 2 aliphatic rings. The lowest BCUT2D eigenvalue weighted by Crippen LogP contribution is -2.33. The van der Waals surface area contributed by atoms with Crippen molar-refractivity contribution < 1.29 is 24.2 Å². The molecule has 6 rings (SSSR count). The lowest BCUT2D eigenvalue weighted by Gasteiger charge is -2.24. The Morgan fingerprint density at radius 3 is 2.08 bits per heavy atom. The van der Waals surface area contributed by atoms with Crippen molar-refractivity contribution in [3.63, 3.8) is 0 Å². The summed E-state index contributed by atoms with van der Waals surface area (Å²) >= 11 is 0. The summed E-state index contributed by atoms with van der Waals surface area (Å²) in [6.45, 7) is 1.82. The molecule has 2 aliphatic heterocycles. The number of nitrogens with zero attached hydrogens (tertiary/aromatic N) is 2. The minimum atomic E-state index is -0.955. The van der Waals surface area contributed by atoms with E-state index >= 15 is 0 Å². The fourth-order valence-corrected chi connectivity index (χ4v) is 5.75. The van der Waals surface area contributed by atoms with Gasteiger partial charge in [-0.25, -0.2) is 9.69 Å². The van der Waals surface area contributed by atoms with Crippen molar-refractivity contribution >= 4 is 23.5 Å². The summed E-state index contributed by atoms with van der Waals surface area (Å²) in [5.41, 5.74) is 2.65. The van der Waals surface area contributed by atoms with Crippen LogP contribution in [-0.4, -0.2) is 34.1 Å². The minimum absolute atomic E-state index is 0.000779. The summed E-state index contributed by atoms with van der Waals surface area (Å²) in [4.78, 5) is 42.2. The Labute approximate surface area is 213 Å². The van der Waals surface area contributed by atoms with Crippen LogP contribution in [0, 0.1) is 5.92 Å². The lowest BCUT2D eigenvalue weighted by atomic mass is 9.86. The highest BCUT2D eigenvalue weighted by molar-refractivity contribution is 6.25. The number of aromatic nitrogens is 1. The van der Waals surface area contributed by atoms with Crippen LogP contribution in [0.25, 0.3) is 11.3 Å². The Kier molecular flexibility index (Phi) is 5.41. The highest BCUT2D eigenvalue weighted by Crippen LogP contribution is 2.58. The van der Waals surface area contributed by atoms with Crippen LogP contribution in [0.15, 0.2) is 91.0 Å². The third-order valence-corrected chi connectivity index (χ3v) is 7.16. The van der Waals surface area contributed by atoms with Gasteiger partial charge in [0, 0.05) is 0 Å². The Balaban J connectivity index is 1.65. The molecule has 1 aromatic heterocycles. The number of aromatic hydroxyl groups is 1. The summed E-state index contributed by atoms with van der Waals surface area (Å²) in [6.07, 6.45) is 0. The van der Waals surface area contributed by atoms with E-state index in [4.69, 9.17) is 4.74 Å². The Morgan fingerprint density at radius 2 is 1.46 bits per heavy atom. The standard InChI is InChI=1S/C30H24N2O5/c1-2-37-30(36)23-25(19-14-8-4-9-15-19)32-24(18-12-6-3-7-13-18)21-22(26(32)27(23)33)29(35)31(28(21)34)20-16-10-5-11-17-20/h3-17,21-22,24,33H,2H2,1H3/t21-,22+,24-/m0/s1. The van der Waals surface area contributed by atoms with Crippen LogP contribution >= 0.6 is 0 Å². The monoisotopic (exact) mass is 492 g/mol. The molecule has 0 saturated carbocycles. The number of rotatable bonds is 5. The number of fused-ring (bicyclic) bond motifs is 3. The number of benzene rings is 3. The van der Waals surface area contributed by atoms with Crippen LogP contribution in [0.2, 0.25) is 0 Å². The van der Waals surface area contributed by atoms with Gasteiger partial charge in [0.1, 0.15) is 5.56 Å². The number of esters is 1. The SMILES string of the molecule is CCOC(=O)c1c(O)c2n(c1-c1ccccc1)[C@@H](c1ccccc1)[C@H]1C(=O)N(c3ccccc3)C(=O)[C@@H]21. The zero-order chi connectivity index (χ0) is 25.7. The second-order valence-electron chi connectivity index (χ2n) is 9.12. The first-order chi connectivity index (χ1) is 18.0. The first-order valence-corrected chi connectivity index (χ1v) is 12.2. The average molecular weight is 493 g/mol. The van der Waals surface area contributed by atoms with E-state index in [-0.39, 0.29) is 29.5 Å². The summed E-state index contributed by atoms with van der Waals surface area (Å²) < 4.78 is 7.13. The van der Waals surface area contributed by atoms with Crippen LogP contribution in [0.5, 0.6) is 5.75 Å². The van der Waals surface area contributed by atoms with Crippen molar-refractivity contribution in [3.05, 3.63) is 108 Å². The molecule has 1 N–H and O–H groups in total. The highest BCUT2D eigenvalue weighted by atomic mass is 16.5. The number of hydrogen-bond donors (Lipinski definition) is 1. The van der Waals surface area contributed by atoms with Gasteiger partial charge in [-0.15, -0.1) is 0 Å². The maximum absolute atomic E-state index is 13.9. The molecule has 7 nitrogen and oxygen atoms in total. The van der Waals surface area contributed by atoms with Crippen molar-refractivity contribution in [3.8, 4) is 17.0 Å². The van der Waals surface area contributed by atoms with Gasteiger partial charge in [-0.05, 0) is 30.2 Å². The molecule has 2 amide bonds. The smallest absolute Gasteiger partial charge is 0.344 e. The van der Waals surface area contributed by atoms with Crippen LogP contribution < -0.4 is 4.90 Å². The van der Waals surface area contributed by atoms with Crippen LogP contribution in [0.3, 0.4) is 0 Å². The lowest BCUT2D eigenvalue weighted by molar-refractivity contribution is -0.122. The Hall–Kier alpha value is -4.65. The quantitative estimate of drug-likeness (QED) is 0.316. The third-order valence-electron chi connectivity index (χ3n) is 7.16. The molecule has 7 heteroatoms. The minimum Gasteiger partial charge on any atom is -0.505 e. The van der Waals surface area contributed by atoms with E-state index in [2.05, 4.69) is 0 Å². The topological polar surface area (TPSA) is 88.8 Å². The van der Waals surface area contributed by atoms with Gasteiger partial charge in [-0.3, -0.25) is 9.59 Å². The van der Waals surface area contributed by atoms with Crippen LogP contribution in [-0.2, 0) is 14.3 Å². The molecular formula is C30H24N2O5. The molecule has 37 heavy (non-hydrogen) atoms. The number of hydrogen-bond acceptors (Lipinski definition) is 5. The van der Waals surface area contributed by atoms with Crippen molar-refractivity contribution in [2.24, 2.45) is 5.92 Å². The first kappa shape index (κ1) is 22.8. The molecule has 0 unspecified atom stereocenters. The zero-order valence-corrected chi connectivity index (χ0v) is 20.1. The van der Waals surface area contributed by atoms with Crippen LogP contribution in [0.4, 0.5) is 5.69 Å². The summed E-state index contributed by atoms with van der Waals surface area (Å²) in [6, 6.07) is 26.8. The number of ether oxygens (including phenoxy) is 1. The van der Waals surface area contributed by atoms with Gasteiger partial charge in [-0.1, -0.05) is 78.9 Å². The van der Waals surface area contributed by atoms with E-state index < -0.39 is 29.8 Å². The van der Waals surface area contributed by atoms with E-state index in [1.54, 1.807) is 35.8 Å². The first-order valence-electron chi connectivity index (χ1n) is 12.2. The van der Waals surface area contributed by atoms with Crippen LogP contribution in [0.1, 0.15) is 40.5 Å². The molecule has 0 spiro atoms. The van der Waals surface area contributed by atoms with Gasteiger partial charge in [0.25, 0.3) is 0 Å². The largest absolute Gasteiger partial charge is 0.505 e. The van der Waals surface area contributed by atoms with Gasteiger partial charge in [0.2, 0.25) is 11.8 Å². The second kappa shape index (κ2) is 8.78. The second-order valence-corrected chi connectivity index (χ2v) is 9.12. The predicted octanol–water partition coefficient (Wildman–Crippen LogP) is 4.91. The van der Waals surface area contributed by atoms with Crippen molar-refractivity contribution in [2.45, 2.75) is 18.9 Å². The van der Waals surface area contributed by atoms with E-state index in [0.717, 1.165) is 5.56 Å². The molecule has 0 radical (unpaired) electrons. The van der Waals surface area contributed by atoms with E-state index in [1.165, 1.54) is 4.90 Å². The Morgan fingerprint density at radius 1 is 0.865 bits per heavy atom. The van der Waals surface area contributed by atoms with Gasteiger partial charge in [-0.2, -0.15) is 0 Å². The Bertz CT molecular complexity index is 1510. The van der Waals surface area contributed by atoms with Gasteiger partial charge < -0.3 is 14.4 Å². The maximum atomic E-state index is 13.9. The predicted molar refractivity (Wildman–Crippen MR) is 137 cm³/mol. The normalized spacial score (nSPS) is 20.1. The maximum Gasteiger partial charge on any atom is 0.344 e. The fraction of sp³-hybridized carbons (Fsp3) is 0.167. The summed E-state index contributed by atoms with van der Waals surface area (Å²) in [5, 5.41) is 11.6. The number of imide groups is 1. The zero-order valence-electron chi connectivity index (χ0n) is 20.1. The molecule has 3 atom stereocenters. The van der Waals surface area contributed by atoms with Gasteiger partial charge >= 0.3 is 5.97 Å². The number of anilines is 1. The summed E-state index contributed by atoms with van der Waals surface area (Å²) in [7, 11) is 0. The van der Waals surface area contributed by atoms with E-state index in [0.29, 0.717) is 16.9 Å². The molecule has 1 saturated heterocycles. The van der Waals surface area contributed by atoms with E-state index in [1.807, 2.05) is 66.7 Å². The third kappa shape index (κ3) is 3.31.